The van der Waals surface area contributed by atoms with Gasteiger partial charge < -0.3 is 14.3 Å². The number of Topliss-reactive ketones (excluding diaryl/α,β-unsaturated/α-hetero) is 1. The second kappa shape index (κ2) is 5.19. The number of hydrogen-bond donors (Lipinski definition) is 0. The highest BCUT2D eigenvalue weighted by atomic mass is 16.6. The van der Waals surface area contributed by atoms with Crippen LogP contribution in [0.5, 0.6) is 0 Å². The number of ketones is 1. The Labute approximate surface area is 119 Å². The summed E-state index contributed by atoms with van der Waals surface area (Å²) in [4.78, 5) is 35.9. The van der Waals surface area contributed by atoms with Crippen LogP contribution in [0.3, 0.4) is 0 Å². The minimum absolute atomic E-state index is 0.107. The molecule has 0 aliphatic heterocycles. The van der Waals surface area contributed by atoms with Crippen molar-refractivity contribution in [3.05, 3.63) is 0 Å². The van der Waals surface area contributed by atoms with Gasteiger partial charge in [0.25, 0.3) is 0 Å². The topological polar surface area (TPSA) is 69.7 Å². The molecule has 0 radical (unpaired) electrons. The third-order valence-corrected chi connectivity index (χ3v) is 4.54. The van der Waals surface area contributed by atoms with Crippen molar-refractivity contribution in [3.8, 4) is 0 Å². The molecule has 2 fully saturated rings. The number of esters is 2. The fraction of sp³-hybridized carbons (Fsp3) is 0.800. The van der Waals surface area contributed by atoms with E-state index in [0.29, 0.717) is 19.3 Å². The van der Waals surface area contributed by atoms with Crippen LogP contribution in [0.15, 0.2) is 0 Å². The Morgan fingerprint density at radius 3 is 2.05 bits per heavy atom. The minimum Gasteiger partial charge on any atom is -0.465 e. The van der Waals surface area contributed by atoms with Gasteiger partial charge in [0.15, 0.2) is 5.41 Å². The highest BCUT2D eigenvalue weighted by Gasteiger charge is 2.71. The summed E-state index contributed by atoms with van der Waals surface area (Å²) in [6.07, 6.45) is 2.21. The van der Waals surface area contributed by atoms with E-state index < -0.39 is 17.4 Å². The summed E-state index contributed by atoms with van der Waals surface area (Å²) in [6, 6.07) is 0. The maximum atomic E-state index is 12.3. The second-order valence-corrected chi connectivity index (χ2v) is 6.05. The van der Waals surface area contributed by atoms with Gasteiger partial charge in [0.2, 0.25) is 0 Å². The first kappa shape index (κ1) is 15.0. The molecular weight excluding hydrogens is 260 g/mol. The molecule has 0 heterocycles. The Kier molecular flexibility index (Phi) is 3.89. The summed E-state index contributed by atoms with van der Waals surface area (Å²) in [6.45, 7) is 5.48. The molecule has 2 aliphatic rings. The van der Waals surface area contributed by atoms with Crippen LogP contribution in [-0.4, -0.2) is 30.9 Å². The van der Waals surface area contributed by atoms with Gasteiger partial charge in [0, 0.05) is 6.42 Å². The van der Waals surface area contributed by atoms with E-state index in [4.69, 9.17) is 9.47 Å². The van der Waals surface area contributed by atoms with E-state index >= 15 is 0 Å². The summed E-state index contributed by atoms with van der Waals surface area (Å²) < 4.78 is 10.2. The number of fused-ring (bicyclic) bond motifs is 1. The molecule has 0 unspecified atom stereocenters. The first-order valence-corrected chi connectivity index (χ1v) is 7.24. The third-order valence-electron chi connectivity index (χ3n) is 4.54. The monoisotopic (exact) mass is 282 g/mol. The van der Waals surface area contributed by atoms with Gasteiger partial charge in [-0.3, -0.25) is 9.59 Å². The molecule has 0 saturated heterocycles. The van der Waals surface area contributed by atoms with Crippen LogP contribution >= 0.6 is 0 Å². The molecule has 0 spiro atoms. The molecule has 0 N–H and O–H groups in total. The molecule has 2 aliphatic carbocycles. The molecule has 5 nitrogen and oxygen atoms in total. The Balaban J connectivity index is 2.21. The van der Waals surface area contributed by atoms with Gasteiger partial charge in [-0.1, -0.05) is 0 Å². The maximum absolute atomic E-state index is 12.3. The molecule has 5 heteroatoms. The lowest BCUT2D eigenvalue weighted by atomic mass is 9.79. The average Bonchev–Trinajstić information content (AvgIpc) is 2.89. The zero-order chi connectivity index (χ0) is 15.0. The zero-order valence-electron chi connectivity index (χ0n) is 12.4. The summed E-state index contributed by atoms with van der Waals surface area (Å²) >= 11 is 0. The van der Waals surface area contributed by atoms with Gasteiger partial charge in [-0.2, -0.15) is 0 Å². The summed E-state index contributed by atoms with van der Waals surface area (Å²) in [5.41, 5.74) is -1.37. The lowest BCUT2D eigenvalue weighted by Gasteiger charge is -2.27. The highest BCUT2D eigenvalue weighted by molar-refractivity contribution is 6.01. The van der Waals surface area contributed by atoms with Gasteiger partial charge in [0.1, 0.15) is 5.78 Å². The molecule has 20 heavy (non-hydrogen) atoms. The van der Waals surface area contributed by atoms with E-state index in [2.05, 4.69) is 0 Å². The van der Waals surface area contributed by atoms with Crippen molar-refractivity contribution in [1.29, 1.82) is 0 Å². The van der Waals surface area contributed by atoms with Crippen molar-refractivity contribution < 1.29 is 23.9 Å². The molecule has 2 saturated carbocycles. The fourth-order valence-corrected chi connectivity index (χ4v) is 3.74. The molecule has 2 atom stereocenters. The second-order valence-electron chi connectivity index (χ2n) is 6.05. The van der Waals surface area contributed by atoms with Crippen molar-refractivity contribution in [2.24, 2.45) is 16.7 Å². The van der Waals surface area contributed by atoms with Gasteiger partial charge in [-0.15, -0.1) is 0 Å². The normalized spacial score (nSPS) is 29.4. The maximum Gasteiger partial charge on any atom is 0.323 e. The van der Waals surface area contributed by atoms with Crippen LogP contribution in [0.25, 0.3) is 0 Å². The van der Waals surface area contributed by atoms with Crippen molar-refractivity contribution in [1.82, 2.24) is 0 Å². The van der Waals surface area contributed by atoms with E-state index in [-0.39, 0.29) is 30.3 Å². The van der Waals surface area contributed by atoms with Crippen LogP contribution in [0.4, 0.5) is 0 Å². The molecule has 0 aromatic carbocycles. The predicted octanol–water partition coefficient (Wildman–Crippen LogP) is 1.88. The van der Waals surface area contributed by atoms with E-state index in [9.17, 15) is 14.4 Å². The number of ether oxygens (including phenoxy) is 2. The summed E-state index contributed by atoms with van der Waals surface area (Å²) in [7, 11) is 0. The lowest BCUT2D eigenvalue weighted by molar-refractivity contribution is -0.173. The van der Waals surface area contributed by atoms with Crippen molar-refractivity contribution in [3.63, 3.8) is 0 Å². The molecule has 2 rings (SSSR count). The molecule has 0 amide bonds. The lowest BCUT2D eigenvalue weighted by Crippen LogP contribution is -2.41. The van der Waals surface area contributed by atoms with E-state index in [0.717, 1.165) is 6.42 Å². The van der Waals surface area contributed by atoms with E-state index in [1.807, 2.05) is 0 Å². The number of carbonyl (C=O) groups excluding carboxylic acids is 3. The fourth-order valence-electron chi connectivity index (χ4n) is 3.74. The van der Waals surface area contributed by atoms with Crippen LogP contribution in [0, 0.1) is 16.7 Å². The first-order chi connectivity index (χ1) is 9.40. The highest BCUT2D eigenvalue weighted by Crippen LogP contribution is 2.71. The van der Waals surface area contributed by atoms with Gasteiger partial charge in [-0.25, -0.2) is 0 Å². The van der Waals surface area contributed by atoms with Crippen LogP contribution in [0.2, 0.25) is 0 Å². The molecule has 0 aromatic heterocycles. The van der Waals surface area contributed by atoms with Crippen molar-refractivity contribution >= 4 is 17.7 Å². The van der Waals surface area contributed by atoms with Crippen LogP contribution in [0.1, 0.15) is 46.5 Å². The van der Waals surface area contributed by atoms with Crippen LogP contribution in [-0.2, 0) is 23.9 Å². The third kappa shape index (κ3) is 2.34. The predicted molar refractivity (Wildman–Crippen MR) is 70.8 cm³/mol. The Morgan fingerprint density at radius 2 is 1.60 bits per heavy atom. The molecular formula is C15H22O5. The number of carbonyl (C=O) groups is 3. The number of hydrogen-bond acceptors (Lipinski definition) is 5. The smallest absolute Gasteiger partial charge is 0.323 e. The number of rotatable bonds is 6. The standard InChI is InChI=1S/C15H22O5/c1-4-19-12(17)15(13(18)20-5-2)8-11-7-14(11,9-15)6-10(3)16/h11H,4-9H2,1-3H3/t11-,14+/m0/s1. The average molecular weight is 282 g/mol. The Hall–Kier alpha value is -1.39. The summed E-state index contributed by atoms with van der Waals surface area (Å²) in [5, 5.41) is 0. The quantitative estimate of drug-likeness (QED) is 0.549. The van der Waals surface area contributed by atoms with E-state index in [1.54, 1.807) is 20.8 Å². The summed E-state index contributed by atoms with van der Waals surface area (Å²) in [5.74, 6) is -0.613. The zero-order valence-corrected chi connectivity index (χ0v) is 12.4. The van der Waals surface area contributed by atoms with Gasteiger partial charge in [0.05, 0.1) is 13.2 Å². The molecule has 0 bridgehead atoms. The first-order valence-electron chi connectivity index (χ1n) is 7.24. The Morgan fingerprint density at radius 1 is 1.05 bits per heavy atom. The van der Waals surface area contributed by atoms with E-state index in [1.165, 1.54) is 0 Å². The molecule has 112 valence electrons. The molecule has 0 aromatic rings. The van der Waals surface area contributed by atoms with Gasteiger partial charge in [-0.05, 0) is 51.4 Å². The SMILES string of the molecule is CCOC(=O)C1(C(=O)OCC)C[C@@H]2C[C@]2(CC(C)=O)C1. The largest absolute Gasteiger partial charge is 0.465 e. The van der Waals surface area contributed by atoms with Crippen molar-refractivity contribution in [2.75, 3.05) is 13.2 Å². The van der Waals surface area contributed by atoms with Gasteiger partial charge >= 0.3 is 11.9 Å². The van der Waals surface area contributed by atoms with Crippen molar-refractivity contribution in [2.45, 2.75) is 46.5 Å². The van der Waals surface area contributed by atoms with Crippen LogP contribution < -0.4 is 0 Å². The Bertz CT molecular complexity index is 424. The minimum atomic E-state index is -1.19.